The summed E-state index contributed by atoms with van der Waals surface area (Å²) in [6, 6.07) is 15.2. The van der Waals surface area contributed by atoms with E-state index in [-0.39, 0.29) is 0 Å². The molecule has 0 bridgehead atoms. The van der Waals surface area contributed by atoms with Crippen LogP contribution in [0, 0.1) is 0 Å². The second-order valence-corrected chi connectivity index (χ2v) is 9.21. The Morgan fingerprint density at radius 3 is 2.70 bits per heavy atom. The van der Waals surface area contributed by atoms with Gasteiger partial charge in [0.1, 0.15) is 0 Å². The minimum atomic E-state index is 0.354. The average molecular weight is 507 g/mol. The smallest absolute Gasteiger partial charge is 0.229 e. The number of nitrogens with zero attached hydrogens (tertiary/aromatic N) is 5. The number of hydrogen-bond acceptors (Lipinski definition) is 7. The highest BCUT2D eigenvalue weighted by Crippen LogP contribution is 2.24. The zero-order valence-corrected chi connectivity index (χ0v) is 20.1. The summed E-state index contributed by atoms with van der Waals surface area (Å²) < 4.78 is 2.57. The Hall–Kier alpha value is -3.04. The Labute approximate surface area is 201 Å². The van der Waals surface area contributed by atoms with E-state index in [9.17, 15) is 0 Å². The van der Waals surface area contributed by atoms with E-state index in [1.54, 1.807) is 10.7 Å². The molecule has 2 atom stereocenters. The first-order valence-electron chi connectivity index (χ1n) is 11.3. The molecule has 5 rings (SSSR count). The molecule has 1 fully saturated rings. The van der Waals surface area contributed by atoms with Crippen molar-refractivity contribution < 1.29 is 0 Å². The number of nitrogens with one attached hydrogen (secondary N) is 3. The highest BCUT2D eigenvalue weighted by molar-refractivity contribution is 9.10. The molecule has 1 aliphatic carbocycles. The van der Waals surface area contributed by atoms with Crippen molar-refractivity contribution in [3.8, 4) is 11.3 Å². The summed E-state index contributed by atoms with van der Waals surface area (Å²) in [4.78, 5) is 13.9. The third kappa shape index (κ3) is 4.99. The van der Waals surface area contributed by atoms with Crippen LogP contribution < -0.4 is 16.0 Å². The first-order chi connectivity index (χ1) is 16.2. The highest BCUT2D eigenvalue weighted by Gasteiger charge is 2.22. The molecule has 0 spiro atoms. The maximum atomic E-state index is 4.76. The zero-order chi connectivity index (χ0) is 22.6. The lowest BCUT2D eigenvalue weighted by atomic mass is 9.91. The quantitative estimate of drug-likeness (QED) is 0.339. The van der Waals surface area contributed by atoms with Crippen LogP contribution in [0.2, 0.25) is 0 Å². The monoisotopic (exact) mass is 506 g/mol. The van der Waals surface area contributed by atoms with Crippen LogP contribution in [0.3, 0.4) is 0 Å². The maximum Gasteiger partial charge on any atom is 0.229 e. The van der Waals surface area contributed by atoms with E-state index in [1.807, 2.05) is 31.4 Å². The van der Waals surface area contributed by atoms with Gasteiger partial charge < -0.3 is 16.0 Å². The van der Waals surface area contributed by atoms with E-state index in [1.165, 1.54) is 12.8 Å². The Kier molecular flexibility index (Phi) is 6.50. The first kappa shape index (κ1) is 21.8. The summed E-state index contributed by atoms with van der Waals surface area (Å²) in [6.45, 7) is 0.622. The number of hydrogen-bond donors (Lipinski definition) is 3. The van der Waals surface area contributed by atoms with E-state index < -0.39 is 0 Å². The Balaban J connectivity index is 1.33. The van der Waals surface area contributed by atoms with Gasteiger partial charge in [0.2, 0.25) is 11.9 Å². The predicted molar refractivity (Wildman–Crippen MR) is 134 cm³/mol. The van der Waals surface area contributed by atoms with Gasteiger partial charge in [-0.2, -0.15) is 19.6 Å². The van der Waals surface area contributed by atoms with Crippen LogP contribution >= 0.6 is 15.9 Å². The second kappa shape index (κ2) is 9.84. The van der Waals surface area contributed by atoms with Gasteiger partial charge in [-0.3, -0.25) is 4.98 Å². The summed E-state index contributed by atoms with van der Waals surface area (Å²) in [6.07, 6.45) is 8.16. The first-order valence-corrected chi connectivity index (χ1v) is 12.1. The molecular weight excluding hydrogens is 480 g/mol. The molecule has 3 heterocycles. The molecule has 170 valence electrons. The number of pyridine rings is 1. The van der Waals surface area contributed by atoms with Crippen LogP contribution in [0.4, 0.5) is 11.9 Å². The predicted octanol–water partition coefficient (Wildman–Crippen LogP) is 4.50. The van der Waals surface area contributed by atoms with Gasteiger partial charge in [0.05, 0.1) is 16.4 Å². The van der Waals surface area contributed by atoms with Gasteiger partial charge in [0, 0.05) is 30.4 Å². The van der Waals surface area contributed by atoms with Gasteiger partial charge in [0.15, 0.2) is 5.65 Å². The molecule has 4 aromatic rings. The molecule has 3 aromatic heterocycles. The van der Waals surface area contributed by atoms with Gasteiger partial charge in [-0.15, -0.1) is 0 Å². The van der Waals surface area contributed by atoms with Gasteiger partial charge in [0.25, 0.3) is 0 Å². The number of aromatic nitrogens is 5. The molecule has 0 saturated heterocycles. The van der Waals surface area contributed by atoms with Crippen LogP contribution in [-0.4, -0.2) is 43.7 Å². The number of benzene rings is 1. The summed E-state index contributed by atoms with van der Waals surface area (Å²) >= 11 is 3.56. The fourth-order valence-corrected chi connectivity index (χ4v) is 4.65. The standard InChI is InChI=1S/C24H27BrN8/c1-26-18-5-4-6-19(13-18)30-23-31-22-20(25)15-29-33(22)24(32-23)28-14-16-8-10-17(11-9-16)21-7-2-3-12-27-21/h2-3,7-12,15,18-19,26H,4-6,13-14H2,1H3,(H2,28,30,31,32)/t18-,19+/m0/s1. The molecule has 1 saturated carbocycles. The van der Waals surface area contributed by atoms with Crippen molar-refractivity contribution >= 4 is 33.5 Å². The topological polar surface area (TPSA) is 92.1 Å². The van der Waals surface area contributed by atoms with E-state index >= 15 is 0 Å². The van der Waals surface area contributed by atoms with Crippen molar-refractivity contribution in [3.05, 3.63) is 64.9 Å². The van der Waals surface area contributed by atoms with E-state index in [0.717, 1.165) is 39.8 Å². The second-order valence-electron chi connectivity index (χ2n) is 8.36. The van der Waals surface area contributed by atoms with Gasteiger partial charge in [-0.05, 0) is 66.4 Å². The molecule has 9 heteroatoms. The number of rotatable bonds is 7. The van der Waals surface area contributed by atoms with Crippen LogP contribution in [0.25, 0.3) is 16.9 Å². The summed E-state index contributed by atoms with van der Waals surface area (Å²) in [7, 11) is 2.03. The lowest BCUT2D eigenvalue weighted by Gasteiger charge is -2.29. The molecule has 0 unspecified atom stereocenters. The molecule has 33 heavy (non-hydrogen) atoms. The van der Waals surface area contributed by atoms with E-state index in [0.29, 0.717) is 30.5 Å². The van der Waals surface area contributed by atoms with Crippen molar-refractivity contribution in [1.82, 2.24) is 29.9 Å². The van der Waals surface area contributed by atoms with Gasteiger partial charge in [-0.25, -0.2) is 0 Å². The molecule has 0 radical (unpaired) electrons. The Bertz CT molecular complexity index is 1210. The summed E-state index contributed by atoms with van der Waals surface area (Å²) in [5.41, 5.74) is 3.95. The maximum absolute atomic E-state index is 4.76. The molecule has 1 aliphatic rings. The molecule has 0 aliphatic heterocycles. The Morgan fingerprint density at radius 1 is 1.06 bits per heavy atom. The van der Waals surface area contributed by atoms with Crippen LogP contribution in [0.15, 0.2) is 59.3 Å². The third-order valence-electron chi connectivity index (χ3n) is 6.11. The summed E-state index contributed by atoms with van der Waals surface area (Å²) in [5.74, 6) is 1.28. The zero-order valence-electron chi connectivity index (χ0n) is 18.5. The molecular formula is C24H27BrN8. The van der Waals surface area contributed by atoms with E-state index in [4.69, 9.17) is 9.97 Å². The summed E-state index contributed by atoms with van der Waals surface area (Å²) in [5, 5.41) is 14.8. The number of anilines is 2. The third-order valence-corrected chi connectivity index (χ3v) is 6.67. The van der Waals surface area contributed by atoms with Crippen molar-refractivity contribution in [1.29, 1.82) is 0 Å². The number of fused-ring (bicyclic) bond motifs is 1. The lowest BCUT2D eigenvalue weighted by molar-refractivity contribution is 0.368. The highest BCUT2D eigenvalue weighted by atomic mass is 79.9. The average Bonchev–Trinajstić information content (AvgIpc) is 3.24. The van der Waals surface area contributed by atoms with Crippen molar-refractivity contribution in [3.63, 3.8) is 0 Å². The van der Waals surface area contributed by atoms with Crippen molar-refractivity contribution in [2.45, 2.75) is 44.3 Å². The fourth-order valence-electron chi connectivity index (χ4n) is 4.30. The fraction of sp³-hybridized carbons (Fsp3) is 0.333. The molecule has 0 amide bonds. The van der Waals surface area contributed by atoms with Crippen molar-refractivity contribution in [2.24, 2.45) is 0 Å². The van der Waals surface area contributed by atoms with Crippen LogP contribution in [0.1, 0.15) is 31.2 Å². The molecule has 1 aromatic carbocycles. The molecule has 8 nitrogen and oxygen atoms in total. The minimum Gasteiger partial charge on any atom is -0.351 e. The van der Waals surface area contributed by atoms with Crippen LogP contribution in [-0.2, 0) is 6.54 Å². The van der Waals surface area contributed by atoms with Crippen LogP contribution in [0.5, 0.6) is 0 Å². The van der Waals surface area contributed by atoms with Crippen molar-refractivity contribution in [2.75, 3.05) is 17.7 Å². The Morgan fingerprint density at radius 2 is 1.91 bits per heavy atom. The lowest BCUT2D eigenvalue weighted by Crippen LogP contribution is -2.37. The SMILES string of the molecule is CN[C@H]1CCC[C@@H](Nc2nc(NCc3ccc(-c4ccccn4)cc3)n3ncc(Br)c3n2)C1. The minimum absolute atomic E-state index is 0.354. The largest absolute Gasteiger partial charge is 0.351 e. The number of halogens is 1. The van der Waals surface area contributed by atoms with E-state index in [2.05, 4.69) is 66.2 Å². The normalized spacial score (nSPS) is 18.4. The van der Waals surface area contributed by atoms with Gasteiger partial charge >= 0.3 is 0 Å². The molecule has 3 N–H and O–H groups in total. The van der Waals surface area contributed by atoms with Gasteiger partial charge in [-0.1, -0.05) is 30.3 Å².